The van der Waals surface area contributed by atoms with Crippen LogP contribution in [-0.2, 0) is 11.0 Å². The Morgan fingerprint density at radius 1 is 1.11 bits per heavy atom. The first kappa shape index (κ1) is 18.1. The highest BCUT2D eigenvalue weighted by Crippen LogP contribution is 2.25. The fourth-order valence-electron chi connectivity index (χ4n) is 1.36. The van der Waals surface area contributed by atoms with Gasteiger partial charge in [-0.2, -0.15) is 0 Å². The summed E-state index contributed by atoms with van der Waals surface area (Å²) in [4.78, 5) is 0. The molecule has 0 fully saturated rings. The monoisotopic (exact) mass is 277 g/mol. The average molecular weight is 277 g/mol. The number of aliphatic hydroxyl groups excluding tert-OH is 1. The van der Waals surface area contributed by atoms with Crippen molar-refractivity contribution in [3.8, 4) is 0 Å². The molecule has 0 heterocycles. The Labute approximate surface area is 115 Å². The molecule has 1 unspecified atom stereocenters. The van der Waals surface area contributed by atoms with Crippen LogP contribution in [0.15, 0.2) is 0 Å². The van der Waals surface area contributed by atoms with E-state index in [1.54, 1.807) is 0 Å². The first-order valence-electron chi connectivity index (χ1n) is 6.71. The summed E-state index contributed by atoms with van der Waals surface area (Å²) in [7, 11) is -1.09. The van der Waals surface area contributed by atoms with Crippen LogP contribution in [0.3, 0.4) is 0 Å². The lowest BCUT2D eigenvalue weighted by molar-refractivity contribution is 0.0442. The Morgan fingerprint density at radius 2 is 1.56 bits per heavy atom. The number of hydrogen-bond acceptors (Lipinski definition) is 2. The minimum absolute atomic E-state index is 0.0688. The summed E-state index contributed by atoms with van der Waals surface area (Å²) in [5.41, 5.74) is -0.141. The molecule has 4 heteroatoms. The summed E-state index contributed by atoms with van der Waals surface area (Å²) in [6.07, 6.45) is 0.234. The molecular weight excluding hydrogens is 246 g/mol. The molecule has 0 rings (SSSR count). The van der Waals surface area contributed by atoms with Crippen LogP contribution in [0.4, 0.5) is 0 Å². The topological polar surface area (TPSA) is 49.3 Å². The molecule has 0 spiro atoms. The third-order valence-corrected chi connectivity index (χ3v) is 4.73. The van der Waals surface area contributed by atoms with Gasteiger partial charge in [0, 0.05) is 6.04 Å². The van der Waals surface area contributed by atoms with Gasteiger partial charge in [-0.1, -0.05) is 34.6 Å². The quantitative estimate of drug-likeness (QED) is 0.812. The van der Waals surface area contributed by atoms with E-state index >= 15 is 0 Å². The second-order valence-corrected chi connectivity index (χ2v) is 9.46. The lowest BCUT2D eigenvalue weighted by Crippen LogP contribution is -2.45. The molecular formula is C14H31NO2S. The van der Waals surface area contributed by atoms with Gasteiger partial charge in [-0.05, 0) is 38.5 Å². The maximum Gasteiger partial charge on any atom is 0.0972 e. The van der Waals surface area contributed by atoms with Crippen molar-refractivity contribution in [1.82, 2.24) is 4.72 Å². The zero-order valence-corrected chi connectivity index (χ0v) is 14.0. The minimum Gasteiger partial charge on any atom is -0.393 e. The third kappa shape index (κ3) is 6.30. The van der Waals surface area contributed by atoms with Crippen molar-refractivity contribution in [1.29, 1.82) is 0 Å². The van der Waals surface area contributed by atoms with Crippen molar-refractivity contribution < 1.29 is 9.32 Å². The van der Waals surface area contributed by atoms with Crippen molar-refractivity contribution in [2.24, 2.45) is 11.3 Å². The van der Waals surface area contributed by atoms with Crippen LogP contribution in [0.25, 0.3) is 0 Å². The maximum absolute atomic E-state index is 12.1. The van der Waals surface area contributed by atoms with Gasteiger partial charge >= 0.3 is 0 Å². The Hall–Kier alpha value is 0.0700. The van der Waals surface area contributed by atoms with Gasteiger partial charge in [0.15, 0.2) is 0 Å². The predicted octanol–water partition coefficient (Wildman–Crippen LogP) is 2.86. The van der Waals surface area contributed by atoms with E-state index in [-0.39, 0.29) is 16.2 Å². The zero-order chi connectivity index (χ0) is 14.7. The highest BCUT2D eigenvalue weighted by molar-refractivity contribution is 7.84. The first-order chi connectivity index (χ1) is 7.85. The van der Waals surface area contributed by atoms with Crippen LogP contribution >= 0.6 is 0 Å². The molecule has 0 aromatic carbocycles. The van der Waals surface area contributed by atoms with Crippen molar-refractivity contribution in [2.45, 2.75) is 78.7 Å². The molecule has 0 aliphatic heterocycles. The highest BCUT2D eigenvalue weighted by atomic mass is 32.2. The molecule has 0 aliphatic rings. The van der Waals surface area contributed by atoms with Crippen molar-refractivity contribution >= 4 is 11.0 Å². The fourth-order valence-corrected chi connectivity index (χ4v) is 2.36. The summed E-state index contributed by atoms with van der Waals surface area (Å²) in [5, 5.41) is 10.2. The van der Waals surface area contributed by atoms with E-state index in [9.17, 15) is 9.32 Å². The molecule has 0 amide bonds. The van der Waals surface area contributed by atoms with Gasteiger partial charge in [0.1, 0.15) is 0 Å². The number of hydrogen-bond donors (Lipinski definition) is 2. The predicted molar refractivity (Wildman–Crippen MR) is 79.7 cm³/mol. The van der Waals surface area contributed by atoms with E-state index in [0.29, 0.717) is 12.3 Å². The van der Waals surface area contributed by atoms with Crippen LogP contribution in [0.5, 0.6) is 0 Å². The van der Waals surface area contributed by atoms with Gasteiger partial charge in [-0.25, -0.2) is 8.93 Å². The fraction of sp³-hybridized carbons (Fsp3) is 1.00. The lowest BCUT2D eigenvalue weighted by Gasteiger charge is -2.32. The molecule has 2 N–H and O–H groups in total. The molecule has 0 radical (unpaired) electrons. The van der Waals surface area contributed by atoms with Crippen LogP contribution in [0.1, 0.15) is 61.8 Å². The lowest BCUT2D eigenvalue weighted by atomic mass is 9.83. The van der Waals surface area contributed by atoms with Gasteiger partial charge in [-0.3, -0.25) is 0 Å². The number of aliphatic hydroxyl groups is 1. The minimum atomic E-state index is -1.09. The molecule has 0 aliphatic carbocycles. The Bertz CT molecular complexity index is 276. The Kier molecular flexibility index (Phi) is 6.51. The van der Waals surface area contributed by atoms with Gasteiger partial charge in [0.05, 0.1) is 21.8 Å². The van der Waals surface area contributed by atoms with E-state index in [4.69, 9.17) is 0 Å². The standard InChI is InChI=1S/C14H31NO2S/c1-10(2)11(9-12(16)13(3,4)5)15-18(17)14(6,7)8/h10-12,15-16H,9H2,1-8H3/t11-,12+,18?/m1/s1. The molecule has 0 saturated heterocycles. The molecule has 18 heavy (non-hydrogen) atoms. The highest BCUT2D eigenvalue weighted by Gasteiger charge is 2.29. The summed E-state index contributed by atoms with van der Waals surface area (Å²) < 4.78 is 15.0. The van der Waals surface area contributed by atoms with E-state index < -0.39 is 17.1 Å². The molecule has 3 atom stereocenters. The summed E-state index contributed by atoms with van der Waals surface area (Å²) >= 11 is 0. The van der Waals surface area contributed by atoms with E-state index in [1.165, 1.54) is 0 Å². The SMILES string of the molecule is CC(C)[C@@H](C[C@H](O)C(C)(C)C)NS(=O)C(C)(C)C. The second kappa shape index (κ2) is 6.49. The van der Waals surface area contributed by atoms with Crippen molar-refractivity contribution in [3.63, 3.8) is 0 Å². The first-order valence-corrected chi connectivity index (χ1v) is 7.86. The van der Waals surface area contributed by atoms with Crippen LogP contribution in [0, 0.1) is 11.3 Å². The molecule has 0 aromatic heterocycles. The second-order valence-electron chi connectivity index (χ2n) is 7.47. The Balaban J connectivity index is 4.66. The van der Waals surface area contributed by atoms with Crippen LogP contribution in [0.2, 0.25) is 0 Å². The Morgan fingerprint density at radius 3 is 1.83 bits per heavy atom. The number of rotatable bonds is 5. The molecule has 3 nitrogen and oxygen atoms in total. The normalized spacial score (nSPS) is 18.8. The van der Waals surface area contributed by atoms with Gasteiger partial charge in [0.25, 0.3) is 0 Å². The van der Waals surface area contributed by atoms with Gasteiger partial charge in [-0.15, -0.1) is 0 Å². The third-order valence-electron chi connectivity index (χ3n) is 3.10. The molecule has 0 aromatic rings. The maximum atomic E-state index is 12.1. The van der Waals surface area contributed by atoms with Crippen LogP contribution < -0.4 is 4.72 Å². The van der Waals surface area contributed by atoms with Crippen LogP contribution in [-0.4, -0.2) is 26.2 Å². The average Bonchev–Trinajstić information content (AvgIpc) is 2.12. The zero-order valence-electron chi connectivity index (χ0n) is 13.2. The number of nitrogens with one attached hydrogen (secondary N) is 1. The summed E-state index contributed by atoms with van der Waals surface area (Å²) in [6.45, 7) is 16.1. The van der Waals surface area contributed by atoms with Gasteiger partial charge in [0.2, 0.25) is 0 Å². The summed E-state index contributed by atoms with van der Waals surface area (Å²) in [6, 6.07) is 0.0688. The van der Waals surface area contributed by atoms with Gasteiger partial charge < -0.3 is 5.11 Å². The summed E-state index contributed by atoms with van der Waals surface area (Å²) in [5.74, 6) is 0.341. The molecule has 0 bridgehead atoms. The molecule has 110 valence electrons. The van der Waals surface area contributed by atoms with Crippen molar-refractivity contribution in [2.75, 3.05) is 0 Å². The van der Waals surface area contributed by atoms with E-state index in [1.807, 2.05) is 41.5 Å². The van der Waals surface area contributed by atoms with E-state index in [0.717, 1.165) is 0 Å². The molecule has 0 saturated carbocycles. The van der Waals surface area contributed by atoms with Crippen molar-refractivity contribution in [3.05, 3.63) is 0 Å². The smallest absolute Gasteiger partial charge is 0.0972 e. The largest absolute Gasteiger partial charge is 0.393 e. The van der Waals surface area contributed by atoms with E-state index in [2.05, 4.69) is 18.6 Å².